The number of carbonyl (C=O) groups is 2. The van der Waals surface area contributed by atoms with E-state index >= 15 is 0 Å². The largest absolute Gasteiger partial charge is 0.481 e. The Morgan fingerprint density at radius 2 is 1.70 bits per heavy atom. The molecular formula is C19H19N3O7S. The molecule has 0 bridgehead atoms. The van der Waals surface area contributed by atoms with E-state index in [9.17, 15) is 28.1 Å². The van der Waals surface area contributed by atoms with Crippen LogP contribution in [0.3, 0.4) is 0 Å². The smallest absolute Gasteiger partial charge is 0.307 e. The zero-order valence-electron chi connectivity index (χ0n) is 15.8. The van der Waals surface area contributed by atoms with Crippen LogP contribution in [-0.2, 0) is 21.2 Å². The van der Waals surface area contributed by atoms with Crippen LogP contribution in [0.15, 0.2) is 53.4 Å². The van der Waals surface area contributed by atoms with Crippen molar-refractivity contribution in [3.05, 3.63) is 69.8 Å². The maximum Gasteiger partial charge on any atom is 0.307 e. The average molecular weight is 433 g/mol. The Kier molecular flexibility index (Phi) is 6.13. The van der Waals surface area contributed by atoms with Crippen LogP contribution in [0.25, 0.3) is 0 Å². The molecular weight excluding hydrogens is 414 g/mol. The van der Waals surface area contributed by atoms with E-state index in [0.29, 0.717) is 5.56 Å². The van der Waals surface area contributed by atoms with Crippen molar-refractivity contribution >= 4 is 27.6 Å². The maximum absolute atomic E-state index is 12.8. The standard InChI is InChI=1S/C19H19N3O7S/c23-18(24)12-14-4-1-2-7-17(14)19(25)20-8-10-21(11-9-20)30(28,29)16-6-3-5-15(13-16)22(26)27/h1-7,13H,8-12H2,(H,23,24). The molecule has 1 saturated heterocycles. The average Bonchev–Trinajstić information content (AvgIpc) is 2.73. The van der Waals surface area contributed by atoms with Gasteiger partial charge in [-0.05, 0) is 17.7 Å². The molecule has 3 rings (SSSR count). The van der Waals surface area contributed by atoms with Gasteiger partial charge in [-0.1, -0.05) is 24.3 Å². The number of amides is 1. The van der Waals surface area contributed by atoms with Gasteiger partial charge >= 0.3 is 5.97 Å². The molecule has 158 valence electrons. The van der Waals surface area contributed by atoms with E-state index in [1.54, 1.807) is 24.3 Å². The van der Waals surface area contributed by atoms with E-state index in [4.69, 9.17) is 5.11 Å². The van der Waals surface area contributed by atoms with Crippen LogP contribution in [0.5, 0.6) is 0 Å². The molecule has 1 amide bonds. The third-order valence-corrected chi connectivity index (χ3v) is 6.68. The summed E-state index contributed by atoms with van der Waals surface area (Å²) in [7, 11) is -3.94. The van der Waals surface area contributed by atoms with Gasteiger partial charge in [0.2, 0.25) is 10.0 Å². The second-order valence-corrected chi connectivity index (χ2v) is 8.62. The van der Waals surface area contributed by atoms with Gasteiger partial charge in [-0.25, -0.2) is 8.42 Å². The SMILES string of the molecule is O=C(O)Cc1ccccc1C(=O)N1CCN(S(=O)(=O)c2cccc([N+](=O)[O-])c2)CC1. The minimum Gasteiger partial charge on any atom is -0.481 e. The lowest BCUT2D eigenvalue weighted by atomic mass is 10.0. The van der Waals surface area contributed by atoms with Crippen LogP contribution < -0.4 is 0 Å². The molecule has 2 aromatic rings. The van der Waals surface area contributed by atoms with Gasteiger partial charge in [-0.2, -0.15) is 4.31 Å². The molecule has 0 aliphatic carbocycles. The van der Waals surface area contributed by atoms with Crippen molar-refractivity contribution in [1.29, 1.82) is 0 Å². The van der Waals surface area contributed by atoms with Gasteiger partial charge in [-0.3, -0.25) is 19.7 Å². The van der Waals surface area contributed by atoms with Crippen molar-refractivity contribution in [1.82, 2.24) is 9.21 Å². The predicted molar refractivity (Wildman–Crippen MR) is 106 cm³/mol. The molecule has 1 aliphatic rings. The summed E-state index contributed by atoms with van der Waals surface area (Å²) in [6.45, 7) is 0.290. The van der Waals surface area contributed by atoms with Gasteiger partial charge in [0.05, 0.1) is 16.2 Å². The first-order chi connectivity index (χ1) is 14.2. The highest BCUT2D eigenvalue weighted by Crippen LogP contribution is 2.23. The fourth-order valence-electron chi connectivity index (χ4n) is 3.25. The molecule has 0 spiro atoms. The van der Waals surface area contributed by atoms with Crippen molar-refractivity contribution in [2.24, 2.45) is 0 Å². The number of hydrogen-bond donors (Lipinski definition) is 1. The fourth-order valence-corrected chi connectivity index (χ4v) is 4.72. The van der Waals surface area contributed by atoms with E-state index in [1.807, 2.05) is 0 Å². The van der Waals surface area contributed by atoms with Crippen LogP contribution in [0.4, 0.5) is 5.69 Å². The summed E-state index contributed by atoms with van der Waals surface area (Å²) in [5.41, 5.74) is 0.344. The Balaban J connectivity index is 1.73. The van der Waals surface area contributed by atoms with E-state index in [-0.39, 0.29) is 54.7 Å². The number of nitro groups is 1. The Morgan fingerprint density at radius 1 is 1.03 bits per heavy atom. The molecule has 0 aromatic heterocycles. The number of nitrogens with zero attached hydrogens (tertiary/aromatic N) is 3. The van der Waals surface area contributed by atoms with Gasteiger partial charge in [-0.15, -0.1) is 0 Å². The number of rotatable bonds is 6. The first-order valence-electron chi connectivity index (χ1n) is 9.03. The van der Waals surface area contributed by atoms with Gasteiger partial charge in [0.15, 0.2) is 0 Å². The van der Waals surface area contributed by atoms with E-state index in [1.165, 1.54) is 27.4 Å². The van der Waals surface area contributed by atoms with Gasteiger partial charge in [0, 0.05) is 43.9 Å². The van der Waals surface area contributed by atoms with Crippen molar-refractivity contribution in [2.75, 3.05) is 26.2 Å². The molecule has 0 radical (unpaired) electrons. The summed E-state index contributed by atoms with van der Waals surface area (Å²) in [5.74, 6) is -1.41. The van der Waals surface area contributed by atoms with Crippen molar-refractivity contribution < 1.29 is 28.0 Å². The summed E-state index contributed by atoms with van der Waals surface area (Å²) in [4.78, 5) is 35.4. The lowest BCUT2D eigenvalue weighted by molar-refractivity contribution is -0.385. The molecule has 0 unspecified atom stereocenters. The zero-order valence-corrected chi connectivity index (χ0v) is 16.6. The monoisotopic (exact) mass is 433 g/mol. The van der Waals surface area contributed by atoms with Gasteiger partial charge < -0.3 is 10.0 Å². The number of carbonyl (C=O) groups excluding carboxylic acids is 1. The first-order valence-corrected chi connectivity index (χ1v) is 10.5. The molecule has 1 aliphatic heterocycles. The third-order valence-electron chi connectivity index (χ3n) is 4.78. The van der Waals surface area contributed by atoms with E-state index in [2.05, 4.69) is 0 Å². The number of piperazine rings is 1. The molecule has 1 fully saturated rings. The minimum atomic E-state index is -3.94. The number of nitro benzene ring substituents is 1. The predicted octanol–water partition coefficient (Wildman–Crippen LogP) is 1.37. The highest BCUT2D eigenvalue weighted by molar-refractivity contribution is 7.89. The molecule has 1 heterocycles. The fraction of sp³-hybridized carbons (Fsp3) is 0.263. The lowest BCUT2D eigenvalue weighted by Crippen LogP contribution is -2.50. The maximum atomic E-state index is 12.8. The highest BCUT2D eigenvalue weighted by Gasteiger charge is 2.31. The second-order valence-electron chi connectivity index (χ2n) is 6.68. The number of sulfonamides is 1. The Labute approximate surface area is 172 Å². The number of benzene rings is 2. The third kappa shape index (κ3) is 4.47. The molecule has 30 heavy (non-hydrogen) atoms. The highest BCUT2D eigenvalue weighted by atomic mass is 32.2. The summed E-state index contributed by atoms with van der Waals surface area (Å²) in [5, 5.41) is 19.9. The number of aliphatic carboxylic acids is 1. The lowest BCUT2D eigenvalue weighted by Gasteiger charge is -2.34. The second kappa shape index (κ2) is 8.59. The van der Waals surface area contributed by atoms with Crippen LogP contribution >= 0.6 is 0 Å². The van der Waals surface area contributed by atoms with Crippen LogP contribution in [0, 0.1) is 10.1 Å². The summed E-state index contributed by atoms with van der Waals surface area (Å²) < 4.78 is 26.8. The summed E-state index contributed by atoms with van der Waals surface area (Å²) >= 11 is 0. The van der Waals surface area contributed by atoms with Gasteiger partial charge in [0.1, 0.15) is 0 Å². The molecule has 10 nitrogen and oxygen atoms in total. The quantitative estimate of drug-likeness (QED) is 0.536. The summed E-state index contributed by atoms with van der Waals surface area (Å²) in [6, 6.07) is 11.2. The molecule has 0 atom stereocenters. The molecule has 11 heteroatoms. The minimum absolute atomic E-state index is 0.0257. The summed E-state index contributed by atoms with van der Waals surface area (Å²) in [6.07, 6.45) is -0.289. The number of non-ortho nitro benzene ring substituents is 1. The van der Waals surface area contributed by atoms with E-state index in [0.717, 1.165) is 6.07 Å². The Hall–Kier alpha value is -3.31. The van der Waals surface area contributed by atoms with Crippen molar-refractivity contribution in [3.63, 3.8) is 0 Å². The number of carboxylic acid groups (broad SMARTS) is 1. The van der Waals surface area contributed by atoms with Gasteiger partial charge in [0.25, 0.3) is 11.6 Å². The van der Waals surface area contributed by atoms with Crippen molar-refractivity contribution in [2.45, 2.75) is 11.3 Å². The topological polar surface area (TPSA) is 138 Å². The van der Waals surface area contributed by atoms with Crippen molar-refractivity contribution in [3.8, 4) is 0 Å². The molecule has 0 saturated carbocycles. The van der Waals surface area contributed by atoms with Crippen LogP contribution in [0.1, 0.15) is 15.9 Å². The molecule has 1 N–H and O–H groups in total. The zero-order chi connectivity index (χ0) is 21.9. The number of hydrogen-bond acceptors (Lipinski definition) is 6. The Bertz CT molecular complexity index is 1090. The number of carboxylic acids is 1. The normalized spacial score (nSPS) is 15.0. The van der Waals surface area contributed by atoms with Crippen LogP contribution in [-0.4, -0.2) is 65.7 Å². The Morgan fingerprint density at radius 3 is 2.33 bits per heavy atom. The first kappa shape index (κ1) is 21.4. The molecule has 2 aromatic carbocycles. The van der Waals surface area contributed by atoms with Crippen LogP contribution in [0.2, 0.25) is 0 Å². The van der Waals surface area contributed by atoms with E-state index < -0.39 is 20.9 Å².